The predicted molar refractivity (Wildman–Crippen MR) is 80.0 cm³/mol. The van der Waals surface area contributed by atoms with Gasteiger partial charge in [-0.15, -0.1) is 0 Å². The Labute approximate surface area is 124 Å². The molecule has 0 atom stereocenters. The highest BCUT2D eigenvalue weighted by molar-refractivity contribution is 7.89. The van der Waals surface area contributed by atoms with Crippen LogP contribution in [0.4, 0.5) is 0 Å². The fourth-order valence-electron chi connectivity index (χ4n) is 1.56. The van der Waals surface area contributed by atoms with Crippen LogP contribution in [0.2, 0.25) is 0 Å². The van der Waals surface area contributed by atoms with Gasteiger partial charge in [-0.2, -0.15) is 4.31 Å². The van der Waals surface area contributed by atoms with Crippen molar-refractivity contribution in [2.75, 3.05) is 26.8 Å². The molecule has 0 saturated carbocycles. The molecule has 0 bridgehead atoms. The van der Waals surface area contributed by atoms with Crippen LogP contribution in [0.5, 0.6) is 0 Å². The summed E-state index contributed by atoms with van der Waals surface area (Å²) in [6.07, 6.45) is 1.81. The summed E-state index contributed by atoms with van der Waals surface area (Å²) in [5.74, 6) is 0.629. The summed E-state index contributed by atoms with van der Waals surface area (Å²) < 4.78 is 32.9. The molecule has 9 heteroatoms. The first-order chi connectivity index (χ1) is 9.28. The maximum Gasteiger partial charge on any atom is 0.262 e. The lowest BCUT2D eigenvalue weighted by Crippen LogP contribution is -2.36. The van der Waals surface area contributed by atoms with Crippen molar-refractivity contribution in [2.24, 2.45) is 12.8 Å². The van der Waals surface area contributed by atoms with E-state index in [1.54, 1.807) is 18.5 Å². The maximum absolute atomic E-state index is 12.5. The molecule has 1 rings (SSSR count). The van der Waals surface area contributed by atoms with Crippen molar-refractivity contribution in [2.45, 2.75) is 18.4 Å². The Balaban J connectivity index is 2.99. The van der Waals surface area contributed by atoms with Crippen molar-refractivity contribution in [1.29, 1.82) is 0 Å². The van der Waals surface area contributed by atoms with Crippen LogP contribution < -0.4 is 5.73 Å². The number of aromatic nitrogens is 2. The molecule has 0 radical (unpaired) electrons. The van der Waals surface area contributed by atoms with E-state index in [9.17, 15) is 8.42 Å². The molecule has 114 valence electrons. The van der Waals surface area contributed by atoms with Crippen molar-refractivity contribution in [3.63, 3.8) is 0 Å². The summed E-state index contributed by atoms with van der Waals surface area (Å²) in [4.78, 5) is 4.34. The smallest absolute Gasteiger partial charge is 0.262 e. The molecular formula is C11H20N4O3S2. The summed E-state index contributed by atoms with van der Waals surface area (Å²) >= 11 is 4.80. The van der Waals surface area contributed by atoms with Crippen molar-refractivity contribution < 1.29 is 13.2 Å². The van der Waals surface area contributed by atoms with Gasteiger partial charge < -0.3 is 15.0 Å². The van der Waals surface area contributed by atoms with E-state index in [2.05, 4.69) is 4.98 Å². The van der Waals surface area contributed by atoms with E-state index < -0.39 is 10.0 Å². The lowest BCUT2D eigenvalue weighted by atomic mass is 10.4. The average molecular weight is 320 g/mol. The number of imidazole rings is 1. The second kappa shape index (κ2) is 7.11. The fourth-order valence-corrected chi connectivity index (χ4v) is 3.10. The molecule has 0 spiro atoms. The summed E-state index contributed by atoms with van der Waals surface area (Å²) in [5.41, 5.74) is 5.44. The first-order valence-electron chi connectivity index (χ1n) is 6.06. The topological polar surface area (TPSA) is 90.5 Å². The third-order valence-electron chi connectivity index (χ3n) is 2.84. The van der Waals surface area contributed by atoms with E-state index in [0.29, 0.717) is 18.9 Å². The third-order valence-corrected chi connectivity index (χ3v) is 4.82. The van der Waals surface area contributed by atoms with Crippen LogP contribution >= 0.6 is 12.2 Å². The van der Waals surface area contributed by atoms with E-state index in [1.165, 1.54) is 17.6 Å². The van der Waals surface area contributed by atoms with Gasteiger partial charge in [0.15, 0.2) is 5.03 Å². The van der Waals surface area contributed by atoms with Gasteiger partial charge in [-0.1, -0.05) is 12.2 Å². The summed E-state index contributed by atoms with van der Waals surface area (Å²) in [6.45, 7) is 2.49. The lowest BCUT2D eigenvalue weighted by molar-refractivity contribution is 0.179. The van der Waals surface area contributed by atoms with Crippen LogP contribution in [-0.2, 0) is 21.8 Å². The predicted octanol–water partition coefficient (Wildman–Crippen LogP) is 0.0418. The van der Waals surface area contributed by atoms with Crippen molar-refractivity contribution in [1.82, 2.24) is 13.9 Å². The molecule has 0 unspecified atom stereocenters. The molecule has 0 aromatic carbocycles. The summed E-state index contributed by atoms with van der Waals surface area (Å²) in [5, 5.41) is 0.0246. The van der Waals surface area contributed by atoms with E-state index in [1.807, 2.05) is 0 Å². The molecule has 1 aromatic rings. The minimum Gasteiger partial charge on any atom is -0.393 e. The standard InChI is InChI=1S/C11H20N4O3S2/c1-9-13-11(8-14(9)2)20(16,17)15(6-7-18-3)5-4-10(12)19/h8H,4-7H2,1-3H3,(H2,12,19). The Morgan fingerprint density at radius 3 is 2.65 bits per heavy atom. The molecule has 0 aliphatic carbocycles. The molecule has 20 heavy (non-hydrogen) atoms. The summed E-state index contributed by atoms with van der Waals surface area (Å²) in [6, 6.07) is 0. The number of nitrogens with zero attached hydrogens (tertiary/aromatic N) is 3. The highest BCUT2D eigenvalue weighted by Gasteiger charge is 2.27. The fraction of sp³-hybridized carbons (Fsp3) is 0.636. The third kappa shape index (κ3) is 4.23. The lowest BCUT2D eigenvalue weighted by Gasteiger charge is -2.20. The number of hydrogen-bond acceptors (Lipinski definition) is 5. The van der Waals surface area contributed by atoms with Crippen LogP contribution in [0.15, 0.2) is 11.2 Å². The normalized spacial score (nSPS) is 12.0. The number of thiocarbonyl (C=S) groups is 1. The van der Waals surface area contributed by atoms with Crippen molar-refractivity contribution in [3.8, 4) is 0 Å². The van der Waals surface area contributed by atoms with Crippen LogP contribution in [0.3, 0.4) is 0 Å². The Hall–Kier alpha value is -1.03. The number of aryl methyl sites for hydroxylation is 2. The van der Waals surface area contributed by atoms with E-state index in [0.717, 1.165) is 0 Å². The molecule has 7 nitrogen and oxygen atoms in total. The Morgan fingerprint density at radius 1 is 1.55 bits per heavy atom. The van der Waals surface area contributed by atoms with Gasteiger partial charge in [0, 0.05) is 39.9 Å². The zero-order chi connectivity index (χ0) is 15.3. The Bertz CT molecular complexity index is 549. The van der Waals surface area contributed by atoms with Crippen LogP contribution in [0, 0.1) is 6.92 Å². The van der Waals surface area contributed by atoms with Crippen molar-refractivity contribution >= 4 is 27.2 Å². The van der Waals surface area contributed by atoms with Gasteiger partial charge in [0.05, 0.1) is 11.6 Å². The van der Waals surface area contributed by atoms with Gasteiger partial charge in [-0.3, -0.25) is 0 Å². The van der Waals surface area contributed by atoms with Crippen LogP contribution in [-0.4, -0.2) is 54.1 Å². The molecule has 1 aromatic heterocycles. The first kappa shape index (κ1) is 17.0. The monoisotopic (exact) mass is 320 g/mol. The van der Waals surface area contributed by atoms with Gasteiger partial charge in [0.25, 0.3) is 10.0 Å². The van der Waals surface area contributed by atoms with Gasteiger partial charge in [0.2, 0.25) is 0 Å². The number of nitrogens with two attached hydrogens (primary N) is 1. The van der Waals surface area contributed by atoms with Gasteiger partial charge >= 0.3 is 0 Å². The maximum atomic E-state index is 12.5. The number of rotatable bonds is 8. The molecule has 0 aliphatic heterocycles. The highest BCUT2D eigenvalue weighted by Crippen LogP contribution is 2.15. The summed E-state index contributed by atoms with van der Waals surface area (Å²) in [7, 11) is -0.401. The number of methoxy groups -OCH3 is 1. The Kier molecular flexibility index (Phi) is 6.06. The second-order valence-electron chi connectivity index (χ2n) is 4.35. The zero-order valence-corrected chi connectivity index (χ0v) is 13.5. The van der Waals surface area contributed by atoms with E-state index in [-0.39, 0.29) is 23.1 Å². The van der Waals surface area contributed by atoms with E-state index >= 15 is 0 Å². The minimum absolute atomic E-state index is 0.0246. The van der Waals surface area contributed by atoms with Gasteiger partial charge in [-0.25, -0.2) is 13.4 Å². The highest BCUT2D eigenvalue weighted by atomic mass is 32.2. The minimum atomic E-state index is -3.66. The number of sulfonamides is 1. The molecule has 0 fully saturated rings. The van der Waals surface area contributed by atoms with Gasteiger partial charge in [-0.05, 0) is 6.92 Å². The van der Waals surface area contributed by atoms with Crippen molar-refractivity contribution in [3.05, 3.63) is 12.0 Å². The second-order valence-corrected chi connectivity index (χ2v) is 6.76. The average Bonchev–Trinajstić information content (AvgIpc) is 2.70. The molecule has 1 heterocycles. The molecule has 0 amide bonds. The van der Waals surface area contributed by atoms with E-state index in [4.69, 9.17) is 22.7 Å². The first-order valence-corrected chi connectivity index (χ1v) is 7.91. The number of hydrogen-bond donors (Lipinski definition) is 1. The van der Waals surface area contributed by atoms with Gasteiger partial charge in [0.1, 0.15) is 5.82 Å². The molecule has 2 N–H and O–H groups in total. The molecule has 0 saturated heterocycles. The molecular weight excluding hydrogens is 300 g/mol. The largest absolute Gasteiger partial charge is 0.393 e. The molecule has 0 aliphatic rings. The van der Waals surface area contributed by atoms with Crippen LogP contribution in [0.1, 0.15) is 12.2 Å². The zero-order valence-electron chi connectivity index (χ0n) is 11.9. The number of ether oxygens (including phenoxy) is 1. The Morgan fingerprint density at radius 2 is 2.20 bits per heavy atom. The van der Waals surface area contributed by atoms with Crippen LogP contribution in [0.25, 0.3) is 0 Å². The SMILES string of the molecule is COCCN(CCC(N)=S)S(=O)(=O)c1cn(C)c(C)n1. The quantitative estimate of drug-likeness (QED) is 0.680.